The molecule has 0 saturated carbocycles. The maximum atomic E-state index is 9.68. The summed E-state index contributed by atoms with van der Waals surface area (Å²) in [6, 6.07) is 24.5. The van der Waals surface area contributed by atoms with E-state index in [9.17, 15) is 4.11 Å². The molecular formula is C51H30N4O2. The van der Waals surface area contributed by atoms with Crippen LogP contribution in [0.5, 0.6) is 0 Å². The zero-order valence-electron chi connectivity index (χ0n) is 42.4. The summed E-state index contributed by atoms with van der Waals surface area (Å²) in [7, 11) is 0. The Morgan fingerprint density at radius 1 is 0.404 bits per heavy atom. The summed E-state index contributed by atoms with van der Waals surface area (Å²) >= 11 is 0. The summed E-state index contributed by atoms with van der Waals surface area (Å²) in [4.78, 5) is 14.4. The van der Waals surface area contributed by atoms with Crippen molar-refractivity contribution in [1.29, 1.82) is 0 Å². The first-order chi connectivity index (χ1) is 33.6. The molecule has 0 spiro atoms. The Kier molecular flexibility index (Phi) is 4.62. The summed E-state index contributed by atoms with van der Waals surface area (Å²) < 4.78 is 131. The smallest absolute Gasteiger partial charge is 0.164 e. The van der Waals surface area contributed by atoms with Crippen LogP contribution in [0.25, 0.3) is 117 Å². The molecule has 12 rings (SSSR count). The van der Waals surface area contributed by atoms with Gasteiger partial charge in [-0.2, -0.15) is 0 Å². The molecule has 57 heavy (non-hydrogen) atoms. The zero-order chi connectivity index (χ0) is 48.8. The van der Waals surface area contributed by atoms with E-state index in [1.807, 2.05) is 60.7 Å². The van der Waals surface area contributed by atoms with Crippen LogP contribution < -0.4 is 0 Å². The van der Waals surface area contributed by atoms with E-state index in [1.54, 1.807) is 30.3 Å². The fraction of sp³-hybridized carbons (Fsp3) is 0. The fourth-order valence-corrected chi connectivity index (χ4v) is 7.45. The van der Waals surface area contributed by atoms with Crippen LogP contribution >= 0.6 is 0 Å². The van der Waals surface area contributed by atoms with Crippen LogP contribution in [0.4, 0.5) is 0 Å². The quantitative estimate of drug-likeness (QED) is 0.176. The predicted molar refractivity (Wildman–Crippen MR) is 230 cm³/mol. The number of para-hydroxylation sites is 3. The van der Waals surface area contributed by atoms with Crippen molar-refractivity contribution in [2.75, 3.05) is 0 Å². The van der Waals surface area contributed by atoms with Gasteiger partial charge < -0.3 is 13.4 Å². The lowest BCUT2D eigenvalue weighted by Crippen LogP contribution is -2.00. The molecule has 12 aromatic rings. The number of benzene rings is 8. The van der Waals surface area contributed by atoms with Crippen LogP contribution in [0.2, 0.25) is 0 Å². The normalized spacial score (nSPS) is 15.1. The van der Waals surface area contributed by atoms with Crippen LogP contribution in [-0.2, 0) is 0 Å². The van der Waals surface area contributed by atoms with Gasteiger partial charge in [-0.15, -0.1) is 0 Å². The molecule has 6 nitrogen and oxygen atoms in total. The van der Waals surface area contributed by atoms with E-state index in [0.29, 0.717) is 22.3 Å². The van der Waals surface area contributed by atoms with Crippen molar-refractivity contribution >= 4 is 65.7 Å². The van der Waals surface area contributed by atoms with E-state index < -0.39 is 78.6 Å². The third-order valence-corrected chi connectivity index (χ3v) is 10.1. The summed E-state index contributed by atoms with van der Waals surface area (Å²) in [5, 5.41) is 0.982. The molecule has 8 aromatic carbocycles. The molecule has 0 aliphatic heterocycles. The minimum absolute atomic E-state index is 0.145. The molecule has 4 heterocycles. The van der Waals surface area contributed by atoms with Crippen molar-refractivity contribution in [2.24, 2.45) is 0 Å². The van der Waals surface area contributed by atoms with Crippen LogP contribution in [0.15, 0.2) is 191 Å². The fourth-order valence-electron chi connectivity index (χ4n) is 7.45. The van der Waals surface area contributed by atoms with Crippen LogP contribution in [0.3, 0.4) is 0 Å². The first-order valence-electron chi connectivity index (χ1n) is 24.5. The number of nitrogens with zero attached hydrogens (tertiary/aromatic N) is 4. The molecule has 0 bridgehead atoms. The molecule has 0 radical (unpaired) electrons. The lowest BCUT2D eigenvalue weighted by atomic mass is 10.0. The maximum absolute atomic E-state index is 9.68. The van der Waals surface area contributed by atoms with Gasteiger partial charge >= 0.3 is 0 Å². The second-order valence-corrected chi connectivity index (χ2v) is 13.4. The highest BCUT2D eigenvalue weighted by atomic mass is 16.3. The molecule has 4 aromatic heterocycles. The first kappa shape index (κ1) is 21.3. The molecule has 0 saturated heterocycles. The van der Waals surface area contributed by atoms with Crippen molar-refractivity contribution < 1.29 is 26.7 Å². The zero-order valence-corrected chi connectivity index (χ0v) is 29.4. The Morgan fingerprint density at radius 2 is 1.05 bits per heavy atom. The van der Waals surface area contributed by atoms with Crippen molar-refractivity contribution in [3.05, 3.63) is 182 Å². The Bertz CT molecular complexity index is 4210. The van der Waals surface area contributed by atoms with E-state index >= 15 is 0 Å². The van der Waals surface area contributed by atoms with Crippen molar-refractivity contribution in [2.45, 2.75) is 0 Å². The van der Waals surface area contributed by atoms with Gasteiger partial charge in [-0.05, 0) is 65.6 Å². The third kappa shape index (κ3) is 5.01. The first-order valence-corrected chi connectivity index (χ1v) is 18.0. The Hall–Kier alpha value is -7.83. The monoisotopic (exact) mass is 743 g/mol. The Morgan fingerprint density at radius 3 is 1.81 bits per heavy atom. The molecule has 0 N–H and O–H groups in total. The van der Waals surface area contributed by atoms with Gasteiger partial charge in [0, 0.05) is 49.0 Å². The molecule has 0 aliphatic rings. The largest absolute Gasteiger partial charge is 0.456 e. The van der Waals surface area contributed by atoms with E-state index in [1.165, 1.54) is 0 Å². The van der Waals surface area contributed by atoms with E-state index in [2.05, 4.69) is 6.07 Å². The van der Waals surface area contributed by atoms with Crippen molar-refractivity contribution in [3.8, 4) is 51.0 Å². The molecule has 0 amide bonds. The van der Waals surface area contributed by atoms with E-state index in [4.69, 9.17) is 37.5 Å². The van der Waals surface area contributed by atoms with Crippen LogP contribution in [0, 0.1) is 0 Å². The number of aromatic nitrogens is 4. The van der Waals surface area contributed by atoms with Crippen LogP contribution in [0.1, 0.15) is 17.8 Å². The number of hydrogen-bond acceptors (Lipinski definition) is 5. The molecule has 0 fully saturated rings. The van der Waals surface area contributed by atoms with Gasteiger partial charge in [0.05, 0.1) is 34.5 Å². The molecule has 266 valence electrons. The van der Waals surface area contributed by atoms with Gasteiger partial charge in [0.1, 0.15) is 16.7 Å². The molecule has 0 atom stereocenters. The van der Waals surface area contributed by atoms with Gasteiger partial charge in [0.25, 0.3) is 0 Å². The predicted octanol–water partition coefficient (Wildman–Crippen LogP) is 13.4. The van der Waals surface area contributed by atoms with Crippen molar-refractivity contribution in [1.82, 2.24) is 19.5 Å². The van der Waals surface area contributed by atoms with Crippen molar-refractivity contribution in [3.63, 3.8) is 0 Å². The second-order valence-electron chi connectivity index (χ2n) is 13.4. The molecule has 0 aliphatic carbocycles. The highest BCUT2D eigenvalue weighted by molar-refractivity contribution is 6.13. The van der Waals surface area contributed by atoms with Gasteiger partial charge in [-0.1, -0.05) is 127 Å². The van der Waals surface area contributed by atoms with Gasteiger partial charge in [0.15, 0.2) is 23.1 Å². The molecule has 0 unspecified atom stereocenters. The topological polar surface area (TPSA) is 69.9 Å². The number of hydrogen-bond donors (Lipinski definition) is 0. The van der Waals surface area contributed by atoms with E-state index in [0.717, 1.165) is 32.5 Å². The summed E-state index contributed by atoms with van der Waals surface area (Å²) in [5.41, 5.74) is 3.01. The lowest BCUT2D eigenvalue weighted by Gasteiger charge is -2.08. The summed E-state index contributed by atoms with van der Waals surface area (Å²) in [6.07, 6.45) is 0. The van der Waals surface area contributed by atoms with Gasteiger partial charge in [0.2, 0.25) is 0 Å². The van der Waals surface area contributed by atoms with E-state index in [-0.39, 0.29) is 72.5 Å². The van der Waals surface area contributed by atoms with Gasteiger partial charge in [-0.25, -0.2) is 15.0 Å². The number of furan rings is 2. The minimum atomic E-state index is -0.659. The third-order valence-electron chi connectivity index (χ3n) is 10.1. The number of fused-ring (bicyclic) bond motifs is 9. The van der Waals surface area contributed by atoms with Gasteiger partial charge in [-0.3, -0.25) is 0 Å². The SMILES string of the molecule is [2H]c1cc(-n2c3c([2H])c([2H])c([2H])c([2H])c3c3c([2H])c([2H])c([2H])c([2H])c32)c2oc3c([2H])c(-c4nc(-c5ccccc5)nc(-c5ccc6c(c5)oc5ccc(-c7ccccc7)cc56)n4)c([2H])c([2H])c3c2c1[2H]. The standard InChI is InChI=1S/C51H30N4O2/c1-3-12-31(13-4-1)33-24-27-45-41(28-33)39-26-23-34(29-46(39)56-45)50-52-49(32-14-5-2-6-15-32)53-51(54-50)35-22-25-38-40-18-11-21-44(48(40)57-47(38)30-35)55-42-19-9-7-16-36(42)37-17-8-10-20-43(37)55/h1-30H/i7D,8D,9D,10D,11D,16D,17D,18D,19D,20D,22D,25D,30D. The number of rotatable bonds is 5. The average molecular weight is 744 g/mol. The summed E-state index contributed by atoms with van der Waals surface area (Å²) in [5.74, 6) is 0.220. The van der Waals surface area contributed by atoms with Crippen LogP contribution in [-0.4, -0.2) is 19.5 Å². The second kappa shape index (κ2) is 12.3. The Balaban J connectivity index is 1.11. The highest BCUT2D eigenvalue weighted by Gasteiger charge is 2.20. The highest BCUT2D eigenvalue weighted by Crippen LogP contribution is 2.40. The maximum Gasteiger partial charge on any atom is 0.164 e. The summed E-state index contributed by atoms with van der Waals surface area (Å²) in [6.45, 7) is 0. The average Bonchev–Trinajstić information content (AvgIpc) is 4.08. The Labute approximate surface area is 344 Å². The molecule has 6 heteroatoms. The lowest BCUT2D eigenvalue weighted by molar-refractivity contribution is 0.666. The minimum Gasteiger partial charge on any atom is -0.456 e. The molecular weight excluding hydrogens is 701 g/mol.